The number of hydrogen-bond donors (Lipinski definition) is 1. The van der Waals surface area contributed by atoms with Gasteiger partial charge >= 0.3 is 0 Å². The van der Waals surface area contributed by atoms with Crippen molar-refractivity contribution in [3.63, 3.8) is 0 Å². The molecular formula is C14H22ClNO2S. The van der Waals surface area contributed by atoms with Crippen molar-refractivity contribution in [1.29, 1.82) is 0 Å². The SMILES string of the molecule is CCC(C)c1ccccc1NS(=O)(=O)CCCCCl. The van der Waals surface area contributed by atoms with Crippen LogP contribution in [0.4, 0.5) is 5.69 Å². The number of sulfonamides is 1. The summed E-state index contributed by atoms with van der Waals surface area (Å²) in [7, 11) is -3.28. The van der Waals surface area contributed by atoms with Crippen LogP contribution in [-0.4, -0.2) is 20.1 Å². The van der Waals surface area contributed by atoms with Crippen LogP contribution in [0.15, 0.2) is 24.3 Å². The summed E-state index contributed by atoms with van der Waals surface area (Å²) in [6, 6.07) is 7.58. The van der Waals surface area contributed by atoms with Gasteiger partial charge in [0.15, 0.2) is 0 Å². The average Bonchev–Trinajstić information content (AvgIpc) is 2.38. The Bertz CT molecular complexity index is 488. The Morgan fingerprint density at radius 2 is 1.95 bits per heavy atom. The van der Waals surface area contributed by atoms with Crippen molar-refractivity contribution in [2.45, 2.75) is 39.0 Å². The number of hydrogen-bond acceptors (Lipinski definition) is 2. The van der Waals surface area contributed by atoms with Gasteiger partial charge in [0.1, 0.15) is 0 Å². The molecule has 0 aliphatic heterocycles. The van der Waals surface area contributed by atoms with E-state index in [-0.39, 0.29) is 5.75 Å². The first-order valence-electron chi connectivity index (χ1n) is 6.65. The predicted molar refractivity (Wildman–Crippen MR) is 82.5 cm³/mol. The lowest BCUT2D eigenvalue weighted by Gasteiger charge is -2.16. The van der Waals surface area contributed by atoms with E-state index in [1.54, 1.807) is 0 Å². The summed E-state index contributed by atoms with van der Waals surface area (Å²) in [5.74, 6) is 0.954. The summed E-state index contributed by atoms with van der Waals surface area (Å²) in [4.78, 5) is 0. The summed E-state index contributed by atoms with van der Waals surface area (Å²) in [6.07, 6.45) is 2.28. The van der Waals surface area contributed by atoms with Gasteiger partial charge in [-0.15, -0.1) is 11.6 Å². The average molecular weight is 304 g/mol. The molecule has 1 unspecified atom stereocenters. The van der Waals surface area contributed by atoms with Crippen molar-refractivity contribution in [2.75, 3.05) is 16.4 Å². The Morgan fingerprint density at radius 3 is 2.58 bits per heavy atom. The monoisotopic (exact) mass is 303 g/mol. The van der Waals surface area contributed by atoms with Crippen molar-refractivity contribution < 1.29 is 8.42 Å². The summed E-state index contributed by atoms with van der Waals surface area (Å²) in [6.45, 7) is 4.19. The molecule has 0 aromatic heterocycles. The second-order valence-corrected chi connectivity index (χ2v) is 6.93. The fraction of sp³-hybridized carbons (Fsp3) is 0.571. The van der Waals surface area contributed by atoms with E-state index in [2.05, 4.69) is 18.6 Å². The van der Waals surface area contributed by atoms with Crippen LogP contribution in [0, 0.1) is 0 Å². The smallest absolute Gasteiger partial charge is 0.232 e. The van der Waals surface area contributed by atoms with Crippen LogP contribution >= 0.6 is 11.6 Å². The van der Waals surface area contributed by atoms with Crippen LogP contribution in [0.25, 0.3) is 0 Å². The lowest BCUT2D eigenvalue weighted by molar-refractivity contribution is 0.598. The Kier molecular flexibility index (Phi) is 6.66. The van der Waals surface area contributed by atoms with Crippen LogP contribution in [0.1, 0.15) is 44.6 Å². The highest BCUT2D eigenvalue weighted by atomic mass is 35.5. The lowest BCUT2D eigenvalue weighted by atomic mass is 9.97. The molecule has 19 heavy (non-hydrogen) atoms. The Balaban J connectivity index is 2.81. The highest BCUT2D eigenvalue weighted by Gasteiger charge is 2.14. The standard InChI is InChI=1S/C14H22ClNO2S/c1-3-12(2)13-8-4-5-9-14(13)16-19(17,18)11-7-6-10-15/h4-5,8-9,12,16H,3,6-7,10-11H2,1-2H3. The number of halogens is 1. The third-order valence-electron chi connectivity index (χ3n) is 3.17. The fourth-order valence-electron chi connectivity index (χ4n) is 1.84. The topological polar surface area (TPSA) is 46.2 Å². The van der Waals surface area contributed by atoms with Gasteiger partial charge in [-0.25, -0.2) is 8.42 Å². The molecule has 0 aliphatic rings. The summed E-state index contributed by atoms with van der Waals surface area (Å²) < 4.78 is 26.7. The molecule has 0 bridgehead atoms. The largest absolute Gasteiger partial charge is 0.283 e. The minimum Gasteiger partial charge on any atom is -0.283 e. The third kappa shape index (κ3) is 5.41. The number of rotatable bonds is 8. The molecule has 1 atom stereocenters. The minimum atomic E-state index is -3.28. The molecule has 108 valence electrons. The zero-order valence-corrected chi connectivity index (χ0v) is 13.1. The van der Waals surface area contributed by atoms with Crippen LogP contribution in [-0.2, 0) is 10.0 Å². The van der Waals surface area contributed by atoms with Crippen LogP contribution in [0.5, 0.6) is 0 Å². The van der Waals surface area contributed by atoms with E-state index >= 15 is 0 Å². The minimum absolute atomic E-state index is 0.120. The van der Waals surface area contributed by atoms with E-state index in [9.17, 15) is 8.42 Å². The van der Waals surface area contributed by atoms with E-state index < -0.39 is 10.0 Å². The highest BCUT2D eigenvalue weighted by Crippen LogP contribution is 2.27. The summed E-state index contributed by atoms with van der Waals surface area (Å²) >= 11 is 5.56. The van der Waals surface area contributed by atoms with E-state index in [0.29, 0.717) is 23.9 Å². The Labute approximate surface area is 121 Å². The van der Waals surface area contributed by atoms with Crippen LogP contribution in [0.2, 0.25) is 0 Å². The predicted octanol–water partition coefficient (Wildman–Crippen LogP) is 3.96. The van der Waals surface area contributed by atoms with Gasteiger partial charge in [-0.2, -0.15) is 0 Å². The second-order valence-electron chi connectivity index (χ2n) is 4.71. The van der Waals surface area contributed by atoms with Crippen molar-refractivity contribution in [3.8, 4) is 0 Å². The Hall–Kier alpha value is -0.740. The molecule has 5 heteroatoms. The number of nitrogens with one attached hydrogen (secondary N) is 1. The van der Waals surface area contributed by atoms with Gasteiger partial charge < -0.3 is 0 Å². The zero-order chi connectivity index (χ0) is 14.3. The first-order valence-corrected chi connectivity index (χ1v) is 8.84. The second kappa shape index (κ2) is 7.75. The van der Waals surface area contributed by atoms with Gasteiger partial charge in [0.25, 0.3) is 0 Å². The molecule has 1 rings (SSSR count). The van der Waals surface area contributed by atoms with E-state index in [1.807, 2.05) is 24.3 Å². The molecular weight excluding hydrogens is 282 g/mol. The first kappa shape index (κ1) is 16.3. The number of benzene rings is 1. The molecule has 0 saturated heterocycles. The van der Waals surface area contributed by atoms with Crippen molar-refractivity contribution >= 4 is 27.3 Å². The number of alkyl halides is 1. The van der Waals surface area contributed by atoms with E-state index in [1.165, 1.54) is 0 Å². The van der Waals surface area contributed by atoms with E-state index in [0.717, 1.165) is 18.4 Å². The zero-order valence-electron chi connectivity index (χ0n) is 11.5. The van der Waals surface area contributed by atoms with Gasteiger partial charge in [0.05, 0.1) is 11.4 Å². The van der Waals surface area contributed by atoms with Crippen LogP contribution < -0.4 is 4.72 Å². The van der Waals surface area contributed by atoms with Crippen LogP contribution in [0.3, 0.4) is 0 Å². The normalized spacial score (nSPS) is 13.2. The molecule has 0 saturated carbocycles. The molecule has 3 nitrogen and oxygen atoms in total. The molecule has 0 aliphatic carbocycles. The molecule has 0 radical (unpaired) electrons. The first-order chi connectivity index (χ1) is 9.00. The van der Waals surface area contributed by atoms with Crippen molar-refractivity contribution in [2.24, 2.45) is 0 Å². The molecule has 1 aromatic carbocycles. The highest BCUT2D eigenvalue weighted by molar-refractivity contribution is 7.92. The molecule has 0 spiro atoms. The molecule has 1 N–H and O–H groups in total. The van der Waals surface area contributed by atoms with Gasteiger partial charge in [-0.1, -0.05) is 32.0 Å². The number of anilines is 1. The molecule has 0 heterocycles. The molecule has 0 fully saturated rings. The molecule has 0 amide bonds. The van der Waals surface area contributed by atoms with Gasteiger partial charge in [0, 0.05) is 5.88 Å². The lowest BCUT2D eigenvalue weighted by Crippen LogP contribution is -2.18. The van der Waals surface area contributed by atoms with Gasteiger partial charge in [-0.05, 0) is 36.8 Å². The maximum absolute atomic E-state index is 12.0. The summed E-state index contributed by atoms with van der Waals surface area (Å²) in [5, 5.41) is 0. The van der Waals surface area contributed by atoms with Gasteiger partial charge in [-0.3, -0.25) is 4.72 Å². The maximum atomic E-state index is 12.0. The molecule has 1 aromatic rings. The number of para-hydroxylation sites is 1. The number of unbranched alkanes of at least 4 members (excludes halogenated alkanes) is 1. The fourth-order valence-corrected chi connectivity index (χ4v) is 3.24. The van der Waals surface area contributed by atoms with Gasteiger partial charge in [0.2, 0.25) is 10.0 Å². The summed E-state index contributed by atoms with van der Waals surface area (Å²) in [5.41, 5.74) is 1.74. The van der Waals surface area contributed by atoms with Crippen molar-refractivity contribution in [1.82, 2.24) is 0 Å². The quantitative estimate of drug-likeness (QED) is 0.583. The Morgan fingerprint density at radius 1 is 1.26 bits per heavy atom. The van der Waals surface area contributed by atoms with Crippen molar-refractivity contribution in [3.05, 3.63) is 29.8 Å². The maximum Gasteiger partial charge on any atom is 0.232 e. The van der Waals surface area contributed by atoms with E-state index in [4.69, 9.17) is 11.6 Å². The third-order valence-corrected chi connectivity index (χ3v) is 4.79.